The quantitative estimate of drug-likeness (QED) is 0.866. The van der Waals surface area contributed by atoms with E-state index in [9.17, 15) is 0 Å². The molecule has 0 aliphatic rings. The van der Waals surface area contributed by atoms with Crippen molar-refractivity contribution in [2.75, 3.05) is 12.4 Å². The number of fused-ring (bicyclic) bond motifs is 1. The van der Waals surface area contributed by atoms with Crippen molar-refractivity contribution < 1.29 is 0 Å². The fourth-order valence-electron chi connectivity index (χ4n) is 1.55. The van der Waals surface area contributed by atoms with Crippen molar-refractivity contribution in [1.29, 1.82) is 0 Å². The van der Waals surface area contributed by atoms with Gasteiger partial charge in [0.15, 0.2) is 0 Å². The van der Waals surface area contributed by atoms with Gasteiger partial charge in [-0.25, -0.2) is 9.97 Å². The summed E-state index contributed by atoms with van der Waals surface area (Å²) in [7, 11) is 1.90. The van der Waals surface area contributed by atoms with Crippen LogP contribution in [-0.2, 0) is 6.42 Å². The fraction of sp³-hybridized carbons (Fsp3) is 0.455. The molecule has 0 amide bonds. The summed E-state index contributed by atoms with van der Waals surface area (Å²) in [5.41, 5.74) is 0. The molecular weight excluding hydrogens is 206 g/mol. The second kappa shape index (κ2) is 4.14. The maximum absolute atomic E-state index is 4.55. The largest absolute Gasteiger partial charge is 0.372 e. The van der Waals surface area contributed by atoms with Crippen molar-refractivity contribution in [1.82, 2.24) is 9.97 Å². The zero-order valence-corrected chi connectivity index (χ0v) is 10.1. The van der Waals surface area contributed by atoms with Crippen LogP contribution in [0.5, 0.6) is 0 Å². The molecule has 0 saturated heterocycles. The third-order valence-corrected chi connectivity index (χ3v) is 3.01. The molecule has 0 spiro atoms. The summed E-state index contributed by atoms with van der Waals surface area (Å²) >= 11 is 1.67. The van der Waals surface area contributed by atoms with Crippen LogP contribution in [0.1, 0.15) is 19.7 Å². The van der Waals surface area contributed by atoms with Gasteiger partial charge < -0.3 is 5.32 Å². The average Bonchev–Trinajstić information content (AvgIpc) is 2.63. The third kappa shape index (κ3) is 2.09. The summed E-state index contributed by atoms with van der Waals surface area (Å²) in [5, 5.41) is 6.30. The predicted molar refractivity (Wildman–Crippen MR) is 65.5 cm³/mol. The smallest absolute Gasteiger partial charge is 0.138 e. The highest BCUT2D eigenvalue weighted by Crippen LogP contribution is 2.25. The molecule has 2 aromatic rings. The van der Waals surface area contributed by atoms with E-state index in [0.29, 0.717) is 5.92 Å². The number of hydrogen-bond acceptors (Lipinski definition) is 4. The monoisotopic (exact) mass is 221 g/mol. The molecule has 0 saturated carbocycles. The van der Waals surface area contributed by atoms with Gasteiger partial charge >= 0.3 is 0 Å². The number of nitrogens with zero attached hydrogens (tertiary/aromatic N) is 2. The van der Waals surface area contributed by atoms with Crippen LogP contribution in [-0.4, -0.2) is 17.0 Å². The van der Waals surface area contributed by atoms with Crippen molar-refractivity contribution in [2.24, 2.45) is 5.92 Å². The number of hydrogen-bond donors (Lipinski definition) is 1. The molecule has 80 valence electrons. The van der Waals surface area contributed by atoms with Crippen molar-refractivity contribution in [2.45, 2.75) is 20.3 Å². The summed E-state index contributed by atoms with van der Waals surface area (Å²) in [6.07, 6.45) is 0.933. The van der Waals surface area contributed by atoms with Gasteiger partial charge in [-0.15, -0.1) is 11.3 Å². The molecule has 3 nitrogen and oxygen atoms in total. The highest BCUT2D eigenvalue weighted by molar-refractivity contribution is 7.16. The molecule has 0 aliphatic heterocycles. The first-order valence-electron chi connectivity index (χ1n) is 5.12. The van der Waals surface area contributed by atoms with E-state index in [1.54, 1.807) is 11.3 Å². The van der Waals surface area contributed by atoms with Gasteiger partial charge in [-0.05, 0) is 17.4 Å². The molecule has 0 bridgehead atoms. The van der Waals surface area contributed by atoms with E-state index in [4.69, 9.17) is 0 Å². The van der Waals surface area contributed by atoms with Gasteiger partial charge in [-0.1, -0.05) is 13.8 Å². The second-order valence-corrected chi connectivity index (χ2v) is 4.87. The first-order valence-corrected chi connectivity index (χ1v) is 6.00. The SMILES string of the molecule is CNc1nc(CC(C)C)nc2sccc12. The average molecular weight is 221 g/mol. The molecule has 0 atom stereocenters. The third-order valence-electron chi connectivity index (χ3n) is 2.20. The Morgan fingerprint density at radius 2 is 2.20 bits per heavy atom. The highest BCUT2D eigenvalue weighted by Gasteiger charge is 2.08. The summed E-state index contributed by atoms with van der Waals surface area (Å²) in [6.45, 7) is 4.36. The predicted octanol–water partition coefficient (Wildman–Crippen LogP) is 2.93. The van der Waals surface area contributed by atoms with Crippen LogP contribution in [0.15, 0.2) is 11.4 Å². The van der Waals surface area contributed by atoms with Gasteiger partial charge in [0.2, 0.25) is 0 Å². The first-order chi connectivity index (χ1) is 7.20. The first kappa shape index (κ1) is 10.4. The zero-order chi connectivity index (χ0) is 10.8. The van der Waals surface area contributed by atoms with Gasteiger partial charge in [-0.2, -0.15) is 0 Å². The molecule has 0 aromatic carbocycles. The van der Waals surface area contributed by atoms with E-state index >= 15 is 0 Å². The van der Waals surface area contributed by atoms with Crippen LogP contribution in [0.4, 0.5) is 5.82 Å². The summed E-state index contributed by atoms with van der Waals surface area (Å²) in [4.78, 5) is 10.1. The van der Waals surface area contributed by atoms with Crippen molar-refractivity contribution in [3.05, 3.63) is 17.3 Å². The Morgan fingerprint density at radius 1 is 1.40 bits per heavy atom. The van der Waals surface area contributed by atoms with Gasteiger partial charge in [0.05, 0.1) is 5.39 Å². The van der Waals surface area contributed by atoms with Gasteiger partial charge in [0, 0.05) is 13.5 Å². The molecule has 1 N–H and O–H groups in total. The molecule has 2 heterocycles. The minimum absolute atomic E-state index is 0.590. The number of anilines is 1. The molecule has 0 radical (unpaired) electrons. The molecular formula is C11H15N3S. The molecule has 2 aromatic heterocycles. The number of aromatic nitrogens is 2. The van der Waals surface area contributed by atoms with E-state index < -0.39 is 0 Å². The Balaban J connectivity index is 2.49. The highest BCUT2D eigenvalue weighted by atomic mass is 32.1. The van der Waals surface area contributed by atoms with E-state index in [1.165, 1.54) is 0 Å². The standard InChI is InChI=1S/C11H15N3S/c1-7(2)6-9-13-10(12-3)8-4-5-15-11(8)14-9/h4-5,7H,6H2,1-3H3,(H,12,13,14). The lowest BCUT2D eigenvalue weighted by Gasteiger charge is -2.06. The summed E-state index contributed by atoms with van der Waals surface area (Å²) < 4.78 is 0. The lowest BCUT2D eigenvalue weighted by molar-refractivity contribution is 0.623. The van der Waals surface area contributed by atoms with Crippen molar-refractivity contribution in [3.63, 3.8) is 0 Å². The van der Waals surface area contributed by atoms with Crippen LogP contribution in [0.2, 0.25) is 0 Å². The lowest BCUT2D eigenvalue weighted by atomic mass is 10.1. The minimum Gasteiger partial charge on any atom is -0.372 e. The molecule has 0 fully saturated rings. The van der Waals surface area contributed by atoms with E-state index in [2.05, 4.69) is 40.6 Å². The van der Waals surface area contributed by atoms with Crippen LogP contribution in [0.3, 0.4) is 0 Å². The Morgan fingerprint density at radius 3 is 2.87 bits per heavy atom. The molecule has 15 heavy (non-hydrogen) atoms. The Bertz CT molecular complexity index is 462. The molecule has 2 rings (SSSR count). The van der Waals surface area contributed by atoms with Crippen LogP contribution in [0, 0.1) is 5.92 Å². The normalized spacial score (nSPS) is 11.2. The Kier molecular flexibility index (Phi) is 2.86. The van der Waals surface area contributed by atoms with E-state index in [0.717, 1.165) is 28.3 Å². The molecule has 0 unspecified atom stereocenters. The topological polar surface area (TPSA) is 37.8 Å². The zero-order valence-electron chi connectivity index (χ0n) is 9.24. The Labute approximate surface area is 93.6 Å². The number of rotatable bonds is 3. The maximum atomic E-state index is 4.55. The summed E-state index contributed by atoms with van der Waals surface area (Å²) in [6, 6.07) is 2.06. The van der Waals surface area contributed by atoms with Crippen LogP contribution < -0.4 is 5.32 Å². The fourth-order valence-corrected chi connectivity index (χ4v) is 2.33. The minimum atomic E-state index is 0.590. The van der Waals surface area contributed by atoms with E-state index in [1.807, 2.05) is 7.05 Å². The Hall–Kier alpha value is -1.16. The van der Waals surface area contributed by atoms with Crippen molar-refractivity contribution >= 4 is 27.4 Å². The van der Waals surface area contributed by atoms with Crippen LogP contribution in [0.25, 0.3) is 10.2 Å². The van der Waals surface area contributed by atoms with Gasteiger partial charge in [-0.3, -0.25) is 0 Å². The van der Waals surface area contributed by atoms with Crippen LogP contribution >= 0.6 is 11.3 Å². The number of nitrogens with one attached hydrogen (secondary N) is 1. The molecule has 0 aliphatic carbocycles. The second-order valence-electron chi connectivity index (χ2n) is 3.98. The maximum Gasteiger partial charge on any atom is 0.138 e. The van der Waals surface area contributed by atoms with E-state index in [-0.39, 0.29) is 0 Å². The summed E-state index contributed by atoms with van der Waals surface area (Å²) in [5.74, 6) is 2.47. The van der Waals surface area contributed by atoms with Gasteiger partial charge in [0.1, 0.15) is 16.5 Å². The number of thiophene rings is 1. The molecule has 4 heteroatoms. The van der Waals surface area contributed by atoms with Gasteiger partial charge in [0.25, 0.3) is 0 Å². The lowest BCUT2D eigenvalue weighted by Crippen LogP contribution is -2.03. The van der Waals surface area contributed by atoms with Crippen molar-refractivity contribution in [3.8, 4) is 0 Å².